The Morgan fingerprint density at radius 1 is 1.15 bits per heavy atom. The minimum Gasteiger partial charge on any atom is -0.0721 e. The third kappa shape index (κ3) is 1.19. The van der Waals surface area contributed by atoms with Crippen LogP contribution in [0.3, 0.4) is 0 Å². The van der Waals surface area contributed by atoms with Gasteiger partial charge in [0.15, 0.2) is 0 Å². The van der Waals surface area contributed by atoms with E-state index in [0.29, 0.717) is 8.27 Å². The molecule has 0 nitrogen and oxygen atoms in total. The lowest BCUT2D eigenvalue weighted by atomic mass is 10.0. The standard InChI is InChI=1S/C10H18Br2Si/c1-13(2,3)9-7-5-4-6-8(9)10(9,11)12/h8H,4-7H2,1-3H3. The molecule has 0 aromatic heterocycles. The van der Waals surface area contributed by atoms with Crippen molar-refractivity contribution in [2.45, 2.75) is 53.6 Å². The first-order chi connectivity index (χ1) is 5.84. The number of hydrogen-bond donors (Lipinski definition) is 0. The molecule has 2 unspecified atom stereocenters. The summed E-state index contributed by atoms with van der Waals surface area (Å²) in [6, 6.07) is 0. The summed E-state index contributed by atoms with van der Waals surface area (Å²) in [6.07, 6.45) is 5.76. The molecule has 0 N–H and O–H groups in total. The monoisotopic (exact) mass is 324 g/mol. The zero-order valence-electron chi connectivity index (χ0n) is 8.66. The van der Waals surface area contributed by atoms with Gasteiger partial charge in [-0.1, -0.05) is 64.3 Å². The third-order valence-electron chi connectivity index (χ3n) is 4.20. The average Bonchev–Trinajstić information content (AvgIpc) is 2.51. The molecular formula is C10H18Br2Si. The molecule has 0 spiro atoms. The van der Waals surface area contributed by atoms with Crippen LogP contribution in [0.1, 0.15) is 25.7 Å². The zero-order chi connectivity index (χ0) is 9.91. The lowest BCUT2D eigenvalue weighted by Gasteiger charge is -2.34. The predicted molar refractivity (Wildman–Crippen MR) is 68.6 cm³/mol. The Kier molecular flexibility index (Phi) is 2.34. The summed E-state index contributed by atoms with van der Waals surface area (Å²) in [5.74, 6) is 0.917. The second kappa shape index (κ2) is 2.85. The van der Waals surface area contributed by atoms with E-state index in [9.17, 15) is 0 Å². The lowest BCUT2D eigenvalue weighted by molar-refractivity contribution is 0.481. The number of rotatable bonds is 1. The fourth-order valence-corrected chi connectivity index (χ4v) is 12.8. The van der Waals surface area contributed by atoms with Crippen LogP contribution in [0.5, 0.6) is 0 Å². The van der Waals surface area contributed by atoms with Gasteiger partial charge in [0.2, 0.25) is 0 Å². The van der Waals surface area contributed by atoms with Crippen LogP contribution >= 0.6 is 31.9 Å². The molecular weight excluding hydrogens is 308 g/mol. The van der Waals surface area contributed by atoms with Crippen molar-refractivity contribution in [1.29, 1.82) is 0 Å². The van der Waals surface area contributed by atoms with Crippen LogP contribution in [0.25, 0.3) is 0 Å². The van der Waals surface area contributed by atoms with Crippen molar-refractivity contribution in [2.24, 2.45) is 5.92 Å². The molecule has 0 bridgehead atoms. The number of fused-ring (bicyclic) bond motifs is 1. The Bertz CT molecular complexity index is 232. The van der Waals surface area contributed by atoms with Crippen LogP contribution in [0.2, 0.25) is 24.7 Å². The van der Waals surface area contributed by atoms with Crippen molar-refractivity contribution >= 4 is 39.9 Å². The van der Waals surface area contributed by atoms with Gasteiger partial charge in [-0.25, -0.2) is 0 Å². The summed E-state index contributed by atoms with van der Waals surface area (Å²) >= 11 is 7.85. The van der Waals surface area contributed by atoms with E-state index in [2.05, 4.69) is 51.5 Å². The van der Waals surface area contributed by atoms with Crippen molar-refractivity contribution in [2.75, 3.05) is 0 Å². The second-order valence-corrected chi connectivity index (χ2v) is 14.6. The SMILES string of the molecule is C[Si](C)(C)C12CCCCC1C2(Br)Br. The molecule has 2 saturated carbocycles. The van der Waals surface area contributed by atoms with Crippen molar-refractivity contribution in [3.8, 4) is 0 Å². The van der Waals surface area contributed by atoms with Crippen molar-refractivity contribution in [3.05, 3.63) is 0 Å². The van der Waals surface area contributed by atoms with Gasteiger partial charge in [0.05, 0.1) is 11.3 Å². The smallest absolute Gasteiger partial charge is 0.0721 e. The molecule has 0 radical (unpaired) electrons. The highest BCUT2D eigenvalue weighted by atomic mass is 79.9. The van der Waals surface area contributed by atoms with Crippen LogP contribution in [0.15, 0.2) is 0 Å². The van der Waals surface area contributed by atoms with Crippen LogP contribution in [0.4, 0.5) is 0 Å². The van der Waals surface area contributed by atoms with Crippen molar-refractivity contribution in [3.63, 3.8) is 0 Å². The Morgan fingerprint density at radius 2 is 1.77 bits per heavy atom. The van der Waals surface area contributed by atoms with Gasteiger partial charge in [-0.2, -0.15) is 0 Å². The molecule has 0 aliphatic heterocycles. The van der Waals surface area contributed by atoms with E-state index >= 15 is 0 Å². The Morgan fingerprint density at radius 3 is 2.15 bits per heavy atom. The molecule has 13 heavy (non-hydrogen) atoms. The summed E-state index contributed by atoms with van der Waals surface area (Å²) in [5.41, 5.74) is 0. The van der Waals surface area contributed by atoms with E-state index in [1.165, 1.54) is 25.7 Å². The van der Waals surface area contributed by atoms with Crippen LogP contribution < -0.4 is 0 Å². The van der Waals surface area contributed by atoms with Gasteiger partial charge in [-0.15, -0.1) is 0 Å². The van der Waals surface area contributed by atoms with Crippen molar-refractivity contribution in [1.82, 2.24) is 0 Å². The maximum absolute atomic E-state index is 3.92. The summed E-state index contributed by atoms with van der Waals surface area (Å²) in [5, 5.41) is 0.651. The maximum Gasteiger partial charge on any atom is 0.0872 e. The van der Waals surface area contributed by atoms with Crippen LogP contribution in [-0.4, -0.2) is 11.3 Å². The molecule has 0 amide bonds. The first kappa shape index (κ1) is 10.7. The Labute approximate surface area is 99.1 Å². The first-order valence-corrected chi connectivity index (χ1v) is 10.3. The topological polar surface area (TPSA) is 0 Å². The largest absolute Gasteiger partial charge is 0.0872 e. The molecule has 0 saturated heterocycles. The molecule has 0 aromatic rings. The first-order valence-electron chi connectivity index (χ1n) is 5.22. The van der Waals surface area contributed by atoms with E-state index in [1.54, 1.807) is 0 Å². The van der Waals surface area contributed by atoms with E-state index in [0.717, 1.165) is 5.92 Å². The minimum atomic E-state index is -1.04. The van der Waals surface area contributed by atoms with E-state index in [4.69, 9.17) is 0 Å². The van der Waals surface area contributed by atoms with Gasteiger partial charge in [-0.3, -0.25) is 0 Å². The number of halogens is 2. The number of alkyl halides is 2. The van der Waals surface area contributed by atoms with E-state index in [1.807, 2.05) is 0 Å². The zero-order valence-corrected chi connectivity index (χ0v) is 12.8. The number of hydrogen-bond acceptors (Lipinski definition) is 0. The Balaban J connectivity index is 2.32. The quantitative estimate of drug-likeness (QED) is 0.482. The molecule has 2 aliphatic rings. The summed E-state index contributed by atoms with van der Waals surface area (Å²) in [6.45, 7) is 7.57. The Hall–Kier alpha value is 1.18. The fourth-order valence-electron chi connectivity index (χ4n) is 3.45. The van der Waals surface area contributed by atoms with Crippen LogP contribution in [0, 0.1) is 5.92 Å². The summed E-state index contributed by atoms with van der Waals surface area (Å²) in [7, 11) is -1.04. The van der Waals surface area contributed by atoms with Crippen molar-refractivity contribution < 1.29 is 0 Å². The van der Waals surface area contributed by atoms with Gasteiger partial charge >= 0.3 is 0 Å². The minimum absolute atomic E-state index is 0.313. The molecule has 0 heterocycles. The molecule has 0 aromatic carbocycles. The predicted octanol–water partition coefficient (Wildman–Crippen LogP) is 4.75. The molecule has 3 heteroatoms. The molecule has 2 fully saturated rings. The van der Waals surface area contributed by atoms with E-state index in [-0.39, 0.29) is 0 Å². The molecule has 2 rings (SSSR count). The summed E-state index contributed by atoms with van der Waals surface area (Å²) in [4.78, 5) is 0. The second-order valence-electron chi connectivity index (χ2n) is 5.64. The van der Waals surface area contributed by atoms with Crippen LogP contribution in [-0.2, 0) is 0 Å². The summed E-state index contributed by atoms with van der Waals surface area (Å²) < 4.78 is 0.313. The molecule has 2 aliphatic carbocycles. The highest BCUT2D eigenvalue weighted by Crippen LogP contribution is 2.85. The maximum atomic E-state index is 3.92. The van der Waals surface area contributed by atoms with E-state index < -0.39 is 8.07 Å². The highest BCUT2D eigenvalue weighted by Gasteiger charge is 2.78. The molecule has 2 atom stereocenters. The average molecular weight is 326 g/mol. The van der Waals surface area contributed by atoms with Gasteiger partial charge in [0, 0.05) is 0 Å². The highest BCUT2D eigenvalue weighted by molar-refractivity contribution is 9.25. The van der Waals surface area contributed by atoms with Gasteiger partial charge in [-0.05, 0) is 23.8 Å². The van der Waals surface area contributed by atoms with Gasteiger partial charge < -0.3 is 0 Å². The lowest BCUT2D eigenvalue weighted by Crippen LogP contribution is -2.34. The fraction of sp³-hybridized carbons (Fsp3) is 1.00. The normalized spacial score (nSPS) is 42.7. The third-order valence-corrected chi connectivity index (χ3v) is 11.1. The van der Waals surface area contributed by atoms with Gasteiger partial charge in [0.25, 0.3) is 0 Å². The molecule has 76 valence electrons. The van der Waals surface area contributed by atoms with Gasteiger partial charge in [0.1, 0.15) is 0 Å².